The Morgan fingerprint density at radius 1 is 1.71 bits per heavy atom. The summed E-state index contributed by atoms with van der Waals surface area (Å²) in [6, 6.07) is 3.71. The van der Waals surface area contributed by atoms with Crippen LogP contribution < -0.4 is 5.32 Å². The molecule has 0 saturated carbocycles. The van der Waals surface area contributed by atoms with Gasteiger partial charge in [-0.2, -0.15) is 0 Å². The number of hydrogen-bond donors (Lipinski definition) is 2. The van der Waals surface area contributed by atoms with Gasteiger partial charge >= 0.3 is 5.97 Å². The lowest BCUT2D eigenvalue weighted by atomic mass is 10.1. The largest absolute Gasteiger partial charge is 0.481 e. The predicted molar refractivity (Wildman–Crippen MR) is 59.2 cm³/mol. The lowest BCUT2D eigenvalue weighted by Crippen LogP contribution is -2.14. The van der Waals surface area contributed by atoms with Crippen molar-refractivity contribution in [2.45, 2.75) is 13.3 Å². The third-order valence-electron chi connectivity index (χ3n) is 1.72. The number of nitrogens with one attached hydrogen (secondary N) is 1. The molecule has 0 saturated heterocycles. The summed E-state index contributed by atoms with van der Waals surface area (Å²) in [4.78, 5) is 10.4. The molecule has 14 heavy (non-hydrogen) atoms. The van der Waals surface area contributed by atoms with E-state index in [1.54, 1.807) is 0 Å². The fourth-order valence-corrected chi connectivity index (χ4v) is 2.00. The number of aliphatic carboxylic acids is 1. The molecule has 0 aliphatic rings. The van der Waals surface area contributed by atoms with E-state index in [1.807, 2.05) is 19.1 Å². The molecule has 2 N–H and O–H groups in total. The molecule has 0 fully saturated rings. The highest BCUT2D eigenvalue weighted by atomic mass is 35.5. The third-order valence-corrected chi connectivity index (χ3v) is 2.91. The van der Waals surface area contributed by atoms with Gasteiger partial charge in [0.15, 0.2) is 0 Å². The summed E-state index contributed by atoms with van der Waals surface area (Å²) in [6.45, 7) is 2.56. The second-order valence-electron chi connectivity index (χ2n) is 3.19. The van der Waals surface area contributed by atoms with Gasteiger partial charge in [0.1, 0.15) is 0 Å². The summed E-state index contributed by atoms with van der Waals surface area (Å²) in [5, 5.41) is 12.7. The average molecular weight is 234 g/mol. The van der Waals surface area contributed by atoms with Crippen LogP contribution in [0.4, 0.5) is 5.00 Å². The van der Waals surface area contributed by atoms with Crippen molar-refractivity contribution in [3.05, 3.63) is 16.5 Å². The smallest absolute Gasteiger partial charge is 0.303 e. The zero-order valence-corrected chi connectivity index (χ0v) is 9.36. The van der Waals surface area contributed by atoms with Gasteiger partial charge in [0.25, 0.3) is 0 Å². The van der Waals surface area contributed by atoms with E-state index in [-0.39, 0.29) is 12.3 Å². The average Bonchev–Trinajstić information content (AvgIpc) is 2.47. The van der Waals surface area contributed by atoms with Crippen molar-refractivity contribution in [2.24, 2.45) is 5.92 Å². The van der Waals surface area contributed by atoms with E-state index < -0.39 is 5.97 Å². The van der Waals surface area contributed by atoms with E-state index >= 15 is 0 Å². The van der Waals surface area contributed by atoms with Crippen molar-refractivity contribution in [1.82, 2.24) is 0 Å². The number of carbonyl (C=O) groups is 1. The van der Waals surface area contributed by atoms with Crippen LogP contribution in [-0.4, -0.2) is 17.6 Å². The molecule has 0 aromatic carbocycles. The van der Waals surface area contributed by atoms with Crippen LogP contribution >= 0.6 is 22.9 Å². The number of carboxylic acid groups (broad SMARTS) is 1. The van der Waals surface area contributed by atoms with Gasteiger partial charge < -0.3 is 10.4 Å². The molecule has 0 aliphatic heterocycles. The van der Waals surface area contributed by atoms with Crippen LogP contribution in [0.25, 0.3) is 0 Å². The number of anilines is 1. The van der Waals surface area contributed by atoms with Crippen LogP contribution in [0.15, 0.2) is 12.1 Å². The van der Waals surface area contributed by atoms with Crippen molar-refractivity contribution in [3.63, 3.8) is 0 Å². The van der Waals surface area contributed by atoms with Crippen molar-refractivity contribution >= 4 is 33.9 Å². The van der Waals surface area contributed by atoms with Crippen molar-refractivity contribution in [3.8, 4) is 0 Å². The first-order valence-corrected chi connectivity index (χ1v) is 5.48. The van der Waals surface area contributed by atoms with Gasteiger partial charge in [-0.25, -0.2) is 0 Å². The highest BCUT2D eigenvalue weighted by Crippen LogP contribution is 2.26. The van der Waals surface area contributed by atoms with Gasteiger partial charge in [-0.3, -0.25) is 4.79 Å². The zero-order valence-electron chi connectivity index (χ0n) is 7.79. The van der Waals surface area contributed by atoms with Crippen molar-refractivity contribution in [1.29, 1.82) is 0 Å². The second-order valence-corrected chi connectivity index (χ2v) is 4.90. The van der Waals surface area contributed by atoms with E-state index in [0.29, 0.717) is 6.54 Å². The summed E-state index contributed by atoms with van der Waals surface area (Å²) < 4.78 is 0.735. The maximum absolute atomic E-state index is 10.4. The van der Waals surface area contributed by atoms with Gasteiger partial charge in [0, 0.05) is 13.0 Å². The minimum atomic E-state index is -0.761. The summed E-state index contributed by atoms with van der Waals surface area (Å²) in [6.07, 6.45) is 0.187. The monoisotopic (exact) mass is 233 g/mol. The Balaban J connectivity index is 2.30. The molecule has 1 unspecified atom stereocenters. The fraction of sp³-hybridized carbons (Fsp3) is 0.444. The Morgan fingerprint density at radius 2 is 2.43 bits per heavy atom. The van der Waals surface area contributed by atoms with Crippen LogP contribution in [-0.2, 0) is 4.79 Å². The molecule has 1 aromatic heterocycles. The van der Waals surface area contributed by atoms with Gasteiger partial charge in [-0.1, -0.05) is 18.5 Å². The number of rotatable bonds is 5. The van der Waals surface area contributed by atoms with Gasteiger partial charge in [-0.05, 0) is 18.1 Å². The molecule has 0 spiro atoms. The van der Waals surface area contributed by atoms with Gasteiger partial charge in [-0.15, -0.1) is 11.3 Å². The van der Waals surface area contributed by atoms with E-state index in [4.69, 9.17) is 16.7 Å². The number of halogens is 1. The Hall–Kier alpha value is -0.740. The maximum atomic E-state index is 10.4. The molecule has 3 nitrogen and oxygen atoms in total. The molecule has 1 heterocycles. The van der Waals surface area contributed by atoms with E-state index in [0.717, 1.165) is 9.34 Å². The van der Waals surface area contributed by atoms with Crippen LogP contribution in [0.1, 0.15) is 13.3 Å². The molecule has 0 aliphatic carbocycles. The second kappa shape index (κ2) is 5.22. The van der Waals surface area contributed by atoms with Crippen LogP contribution in [0.3, 0.4) is 0 Å². The van der Waals surface area contributed by atoms with Crippen molar-refractivity contribution < 1.29 is 9.90 Å². The standard InChI is InChI=1S/C9H12ClNO2S/c1-6(4-9(12)13)5-11-8-3-2-7(10)14-8/h2-3,6,11H,4-5H2,1H3,(H,12,13). The molecule has 1 rings (SSSR count). The normalized spacial score (nSPS) is 12.4. The first-order chi connectivity index (χ1) is 6.58. The summed E-state index contributed by atoms with van der Waals surface area (Å²) in [7, 11) is 0. The molecule has 5 heteroatoms. The lowest BCUT2D eigenvalue weighted by Gasteiger charge is -2.09. The Kier molecular flexibility index (Phi) is 4.22. The summed E-state index contributed by atoms with van der Waals surface area (Å²) >= 11 is 7.20. The number of carboxylic acids is 1. The summed E-state index contributed by atoms with van der Waals surface area (Å²) in [5.41, 5.74) is 0. The quantitative estimate of drug-likeness (QED) is 0.822. The minimum absolute atomic E-state index is 0.119. The molecule has 1 aromatic rings. The number of thiophene rings is 1. The van der Waals surface area contributed by atoms with E-state index in [1.165, 1.54) is 11.3 Å². The van der Waals surface area contributed by atoms with Crippen LogP contribution in [0, 0.1) is 5.92 Å². The molecule has 0 amide bonds. The first-order valence-electron chi connectivity index (χ1n) is 4.29. The van der Waals surface area contributed by atoms with Crippen LogP contribution in [0.2, 0.25) is 4.34 Å². The third kappa shape index (κ3) is 3.98. The molecule has 78 valence electrons. The predicted octanol–water partition coefficient (Wildman–Crippen LogP) is 2.92. The highest BCUT2D eigenvalue weighted by molar-refractivity contribution is 7.19. The molecule has 0 bridgehead atoms. The minimum Gasteiger partial charge on any atom is -0.481 e. The maximum Gasteiger partial charge on any atom is 0.303 e. The SMILES string of the molecule is CC(CNc1ccc(Cl)s1)CC(=O)O. The Bertz CT molecular complexity index is 314. The topological polar surface area (TPSA) is 49.3 Å². The summed E-state index contributed by atoms with van der Waals surface area (Å²) in [5.74, 6) is -0.642. The lowest BCUT2D eigenvalue weighted by molar-refractivity contribution is -0.137. The van der Waals surface area contributed by atoms with E-state index in [9.17, 15) is 4.79 Å². The molecular formula is C9H12ClNO2S. The van der Waals surface area contributed by atoms with Crippen LogP contribution in [0.5, 0.6) is 0 Å². The molecule has 0 radical (unpaired) electrons. The van der Waals surface area contributed by atoms with Gasteiger partial charge in [0.05, 0.1) is 9.34 Å². The Labute approximate surface area is 91.7 Å². The number of hydrogen-bond acceptors (Lipinski definition) is 3. The van der Waals surface area contributed by atoms with E-state index in [2.05, 4.69) is 5.32 Å². The molecular weight excluding hydrogens is 222 g/mol. The first kappa shape index (κ1) is 11.3. The Morgan fingerprint density at radius 3 is 2.93 bits per heavy atom. The van der Waals surface area contributed by atoms with Gasteiger partial charge in [0.2, 0.25) is 0 Å². The zero-order chi connectivity index (χ0) is 10.6. The van der Waals surface area contributed by atoms with Crippen molar-refractivity contribution in [2.75, 3.05) is 11.9 Å². The molecule has 1 atom stereocenters. The highest BCUT2D eigenvalue weighted by Gasteiger charge is 2.07. The fourth-order valence-electron chi connectivity index (χ4n) is 1.05.